The molecule has 4 aliphatic heterocycles. The van der Waals surface area contributed by atoms with E-state index in [1.54, 1.807) is 12.1 Å². The first-order chi connectivity index (χ1) is 23.3. The first kappa shape index (κ1) is 31.1. The van der Waals surface area contributed by atoms with Crippen LogP contribution in [0.25, 0.3) is 17.0 Å². The lowest BCUT2D eigenvalue weighted by Crippen LogP contribution is -2.66. The van der Waals surface area contributed by atoms with Gasteiger partial charge in [-0.15, -0.1) is 13.2 Å². The summed E-state index contributed by atoms with van der Waals surface area (Å²) in [5.74, 6) is 1.88. The van der Waals surface area contributed by atoms with E-state index in [0.717, 1.165) is 52.6 Å². The molecule has 1 aromatic heterocycles. The minimum absolute atomic E-state index is 0.225. The third-order valence-electron chi connectivity index (χ3n) is 10.9. The maximum Gasteiger partial charge on any atom is 0.573 e. The maximum absolute atomic E-state index is 14.1. The topological polar surface area (TPSA) is 46.9 Å². The molecule has 8 rings (SSSR count). The average Bonchev–Trinajstić information content (AvgIpc) is 3.42. The van der Waals surface area contributed by atoms with Crippen LogP contribution in [0.15, 0.2) is 84.6 Å². The molecule has 48 heavy (non-hydrogen) atoms. The number of hydrogen-bond donors (Lipinski definition) is 0. The molecular weight excluding hydrogens is 615 g/mol. The van der Waals surface area contributed by atoms with Crippen molar-refractivity contribution in [3.8, 4) is 11.5 Å². The van der Waals surface area contributed by atoms with Gasteiger partial charge in [0, 0.05) is 53.4 Å². The van der Waals surface area contributed by atoms with Gasteiger partial charge in [-0.1, -0.05) is 42.5 Å². The predicted molar refractivity (Wildman–Crippen MR) is 178 cm³/mol. The SMILES string of the molecule is O=C1/C(=C/c2cn(Cc3ccc(OCc4ccc(OC(F)(F)F)cc4)cc3)c3ccccc23)CC[C@@H]2[C@H]3CCCN4CCC[C@H](CN12)[C@@H]34. The molecule has 4 saturated heterocycles. The van der Waals surface area contributed by atoms with Crippen LogP contribution in [0, 0.1) is 11.8 Å². The molecule has 1 amide bonds. The van der Waals surface area contributed by atoms with Crippen LogP contribution in [-0.4, -0.2) is 58.4 Å². The molecule has 0 unspecified atom stereocenters. The van der Waals surface area contributed by atoms with Gasteiger partial charge in [-0.2, -0.15) is 0 Å². The molecule has 4 atom stereocenters. The van der Waals surface area contributed by atoms with Gasteiger partial charge in [0.25, 0.3) is 0 Å². The molecule has 4 aliphatic rings. The third-order valence-corrected chi connectivity index (χ3v) is 10.9. The second kappa shape index (κ2) is 12.7. The van der Waals surface area contributed by atoms with E-state index in [4.69, 9.17) is 4.74 Å². The van der Waals surface area contributed by atoms with Gasteiger partial charge < -0.3 is 18.9 Å². The molecule has 4 fully saturated rings. The summed E-state index contributed by atoms with van der Waals surface area (Å²) in [4.78, 5) is 19.1. The summed E-state index contributed by atoms with van der Waals surface area (Å²) in [5, 5.41) is 1.14. The van der Waals surface area contributed by atoms with Crippen LogP contribution >= 0.6 is 0 Å². The van der Waals surface area contributed by atoms with E-state index >= 15 is 0 Å². The number of piperidine rings is 4. The van der Waals surface area contributed by atoms with Gasteiger partial charge in [0.15, 0.2) is 0 Å². The molecule has 3 aromatic carbocycles. The van der Waals surface area contributed by atoms with E-state index in [2.05, 4.69) is 49.6 Å². The lowest BCUT2D eigenvalue weighted by Gasteiger charge is -2.58. The molecule has 0 radical (unpaired) electrons. The Morgan fingerprint density at radius 1 is 0.854 bits per heavy atom. The van der Waals surface area contributed by atoms with Crippen LogP contribution in [-0.2, 0) is 17.9 Å². The largest absolute Gasteiger partial charge is 0.573 e. The summed E-state index contributed by atoms with van der Waals surface area (Å²) in [7, 11) is 0. The lowest BCUT2D eigenvalue weighted by molar-refractivity contribution is -0.274. The van der Waals surface area contributed by atoms with Gasteiger partial charge in [-0.3, -0.25) is 9.69 Å². The highest BCUT2D eigenvalue weighted by Crippen LogP contribution is 2.45. The minimum Gasteiger partial charge on any atom is -0.489 e. The number of carbonyl (C=O) groups excluding carboxylic acids is 1. The number of halogens is 3. The highest BCUT2D eigenvalue weighted by molar-refractivity contribution is 6.01. The van der Waals surface area contributed by atoms with Gasteiger partial charge in [-0.05, 0) is 111 Å². The van der Waals surface area contributed by atoms with Crippen molar-refractivity contribution in [1.82, 2.24) is 14.4 Å². The number of rotatable bonds is 7. The second-order valence-electron chi connectivity index (χ2n) is 13.8. The molecule has 5 heterocycles. The Hall–Kier alpha value is -4.24. The van der Waals surface area contributed by atoms with Crippen LogP contribution in [0.1, 0.15) is 55.2 Å². The molecule has 0 aliphatic carbocycles. The molecular formula is C39H40F3N3O3. The molecule has 6 nitrogen and oxygen atoms in total. The fourth-order valence-electron chi connectivity index (χ4n) is 8.88. The molecule has 0 spiro atoms. The van der Waals surface area contributed by atoms with Crippen molar-refractivity contribution >= 4 is 22.9 Å². The van der Waals surface area contributed by atoms with Crippen molar-refractivity contribution in [2.75, 3.05) is 19.6 Å². The Morgan fingerprint density at radius 2 is 1.58 bits per heavy atom. The first-order valence-electron chi connectivity index (χ1n) is 17.2. The van der Waals surface area contributed by atoms with Gasteiger partial charge in [0.1, 0.15) is 18.1 Å². The van der Waals surface area contributed by atoms with Gasteiger partial charge in [0.05, 0.1) is 0 Å². The Balaban J connectivity index is 0.956. The van der Waals surface area contributed by atoms with E-state index in [9.17, 15) is 18.0 Å². The highest BCUT2D eigenvalue weighted by Gasteiger charge is 2.51. The van der Waals surface area contributed by atoms with Crippen LogP contribution in [0.2, 0.25) is 0 Å². The molecule has 250 valence electrons. The second-order valence-corrected chi connectivity index (χ2v) is 13.8. The van der Waals surface area contributed by atoms with Crippen LogP contribution < -0.4 is 9.47 Å². The number of amides is 1. The minimum atomic E-state index is -4.71. The van der Waals surface area contributed by atoms with Crippen molar-refractivity contribution in [2.24, 2.45) is 11.8 Å². The van der Waals surface area contributed by atoms with Crippen molar-refractivity contribution in [3.05, 3.63) is 101 Å². The zero-order valence-electron chi connectivity index (χ0n) is 26.9. The van der Waals surface area contributed by atoms with E-state index in [-0.39, 0.29) is 18.3 Å². The smallest absolute Gasteiger partial charge is 0.489 e. The Morgan fingerprint density at radius 3 is 2.38 bits per heavy atom. The maximum atomic E-state index is 14.1. The average molecular weight is 656 g/mol. The normalized spacial score (nSPS) is 25.2. The van der Waals surface area contributed by atoms with Crippen molar-refractivity contribution in [1.29, 1.82) is 0 Å². The van der Waals surface area contributed by atoms with Crippen molar-refractivity contribution < 1.29 is 27.4 Å². The molecule has 0 saturated carbocycles. The summed E-state index contributed by atoms with van der Waals surface area (Å²) in [6.07, 6.45) is 6.50. The van der Waals surface area contributed by atoms with Crippen molar-refractivity contribution in [2.45, 2.75) is 70.1 Å². The number of alkyl halides is 3. The van der Waals surface area contributed by atoms with E-state index in [0.29, 0.717) is 36.2 Å². The monoisotopic (exact) mass is 655 g/mol. The summed E-state index contributed by atoms with van der Waals surface area (Å²) in [5.41, 5.74) is 4.97. The van der Waals surface area contributed by atoms with Crippen LogP contribution in [0.3, 0.4) is 0 Å². The number of aromatic nitrogens is 1. The standard InChI is InChI=1S/C39H40F3N3O3/c40-39(41,42)48-32-16-11-27(12-17-32)25-47-31-14-9-26(10-15-31)22-44-23-30(33-6-1-2-8-35(33)44)21-28-13-18-36-34-7-4-20-43-19-3-5-29(37(34)43)24-45(36)38(28)46/h1-2,6,8-12,14-17,21,23,29,34,36-37H,3-5,7,13,18-20,22,24-25H2/b28-21+/t29-,34-,36-,37+/m1/s1. The lowest BCUT2D eigenvalue weighted by atomic mass is 9.67. The van der Waals surface area contributed by atoms with Crippen LogP contribution in [0.5, 0.6) is 11.5 Å². The molecule has 4 aromatic rings. The number of ether oxygens (including phenoxy) is 2. The highest BCUT2D eigenvalue weighted by atomic mass is 19.4. The summed E-state index contributed by atoms with van der Waals surface area (Å²) in [6, 6.07) is 22.9. The summed E-state index contributed by atoms with van der Waals surface area (Å²) >= 11 is 0. The fraction of sp³-hybridized carbons (Fsp3) is 0.410. The Labute approximate surface area is 278 Å². The van der Waals surface area contributed by atoms with Crippen LogP contribution in [0.4, 0.5) is 13.2 Å². The van der Waals surface area contributed by atoms with Gasteiger partial charge >= 0.3 is 6.36 Å². The number of carbonyl (C=O) groups is 1. The number of benzene rings is 3. The fourth-order valence-corrected chi connectivity index (χ4v) is 8.88. The third kappa shape index (κ3) is 6.20. The quantitative estimate of drug-likeness (QED) is 0.189. The zero-order chi connectivity index (χ0) is 32.8. The molecule has 0 N–H and O–H groups in total. The number of para-hydroxylation sites is 1. The molecule has 9 heteroatoms. The number of hydrogen-bond acceptors (Lipinski definition) is 4. The predicted octanol–water partition coefficient (Wildman–Crippen LogP) is 8.05. The Bertz CT molecular complexity index is 1810. The summed E-state index contributed by atoms with van der Waals surface area (Å²) in [6.45, 7) is 4.26. The van der Waals surface area contributed by atoms with Gasteiger partial charge in [0.2, 0.25) is 5.91 Å². The Kier molecular flexibility index (Phi) is 8.19. The van der Waals surface area contributed by atoms with Crippen molar-refractivity contribution in [3.63, 3.8) is 0 Å². The van der Waals surface area contributed by atoms with Gasteiger partial charge in [-0.25, -0.2) is 0 Å². The van der Waals surface area contributed by atoms with E-state index in [1.807, 2.05) is 30.3 Å². The number of fused-ring (bicyclic) bond motifs is 3. The van der Waals surface area contributed by atoms with E-state index in [1.165, 1.54) is 50.9 Å². The molecule has 0 bridgehead atoms. The first-order valence-corrected chi connectivity index (χ1v) is 17.2. The van der Waals surface area contributed by atoms with E-state index < -0.39 is 6.36 Å². The number of nitrogens with zero attached hydrogens (tertiary/aromatic N) is 3. The summed E-state index contributed by atoms with van der Waals surface area (Å²) < 4.78 is 49.3. The zero-order valence-corrected chi connectivity index (χ0v) is 26.9.